The zero-order valence-corrected chi connectivity index (χ0v) is 16.0. The Hall–Kier alpha value is -1.71. The quantitative estimate of drug-likeness (QED) is 0.822. The number of piperidine rings is 1. The lowest BCUT2D eigenvalue weighted by atomic mass is 9.88. The number of rotatable bonds is 3. The van der Waals surface area contributed by atoms with Gasteiger partial charge in [-0.15, -0.1) is 0 Å². The van der Waals surface area contributed by atoms with Gasteiger partial charge in [0.15, 0.2) is 0 Å². The molecule has 0 N–H and O–H groups in total. The molecule has 1 amide bonds. The van der Waals surface area contributed by atoms with E-state index in [4.69, 9.17) is 0 Å². The fourth-order valence-corrected chi connectivity index (χ4v) is 4.82. The van der Waals surface area contributed by atoms with E-state index in [1.54, 1.807) is 0 Å². The molecular formula is C22H33N3O. The number of amides is 1. The van der Waals surface area contributed by atoms with Gasteiger partial charge in [-0.05, 0) is 56.4 Å². The van der Waals surface area contributed by atoms with Crippen molar-refractivity contribution in [1.82, 2.24) is 4.90 Å². The third-order valence-electron chi connectivity index (χ3n) is 6.48. The lowest BCUT2D eigenvalue weighted by molar-refractivity contribution is -0.136. The molecule has 0 radical (unpaired) electrons. The minimum Gasteiger partial charge on any atom is -0.372 e. The molecule has 26 heavy (non-hydrogen) atoms. The van der Waals surface area contributed by atoms with Crippen molar-refractivity contribution >= 4 is 17.3 Å². The summed E-state index contributed by atoms with van der Waals surface area (Å²) in [5.41, 5.74) is 2.66. The Kier molecular flexibility index (Phi) is 5.66. The van der Waals surface area contributed by atoms with E-state index < -0.39 is 0 Å². The van der Waals surface area contributed by atoms with E-state index in [1.165, 1.54) is 63.0 Å². The zero-order valence-electron chi connectivity index (χ0n) is 16.0. The number of anilines is 2. The van der Waals surface area contributed by atoms with Crippen LogP contribution in [0.2, 0.25) is 0 Å². The number of hydrogen-bond acceptors (Lipinski definition) is 3. The van der Waals surface area contributed by atoms with Crippen molar-refractivity contribution < 1.29 is 4.79 Å². The second-order valence-corrected chi connectivity index (χ2v) is 8.21. The Labute approximate surface area is 158 Å². The van der Waals surface area contributed by atoms with Crippen molar-refractivity contribution in [3.05, 3.63) is 24.3 Å². The summed E-state index contributed by atoms with van der Waals surface area (Å²) >= 11 is 0. The highest BCUT2D eigenvalue weighted by Gasteiger charge is 2.28. The van der Waals surface area contributed by atoms with Crippen LogP contribution in [0.4, 0.5) is 11.4 Å². The van der Waals surface area contributed by atoms with Crippen LogP contribution in [0.3, 0.4) is 0 Å². The van der Waals surface area contributed by atoms with Crippen molar-refractivity contribution in [3.8, 4) is 0 Å². The summed E-state index contributed by atoms with van der Waals surface area (Å²) in [5, 5.41) is 0. The number of carbonyl (C=O) groups is 1. The van der Waals surface area contributed by atoms with E-state index in [9.17, 15) is 4.79 Å². The van der Waals surface area contributed by atoms with Gasteiger partial charge in [0.05, 0.1) is 0 Å². The van der Waals surface area contributed by atoms with E-state index in [0.29, 0.717) is 11.8 Å². The highest BCUT2D eigenvalue weighted by Crippen LogP contribution is 2.27. The molecule has 4 rings (SSSR count). The van der Waals surface area contributed by atoms with Crippen LogP contribution in [-0.2, 0) is 4.79 Å². The van der Waals surface area contributed by atoms with Gasteiger partial charge < -0.3 is 14.7 Å². The molecule has 4 heteroatoms. The first-order chi connectivity index (χ1) is 12.8. The molecule has 1 saturated carbocycles. The first-order valence-corrected chi connectivity index (χ1v) is 10.7. The molecule has 1 aromatic rings. The monoisotopic (exact) mass is 355 g/mol. The summed E-state index contributed by atoms with van der Waals surface area (Å²) in [6.07, 6.45) is 10.0. The van der Waals surface area contributed by atoms with E-state index in [2.05, 4.69) is 39.0 Å². The lowest BCUT2D eigenvalue weighted by Gasteiger charge is -2.38. The van der Waals surface area contributed by atoms with Gasteiger partial charge in [-0.2, -0.15) is 0 Å². The highest BCUT2D eigenvalue weighted by atomic mass is 16.2. The van der Waals surface area contributed by atoms with Gasteiger partial charge in [-0.3, -0.25) is 4.79 Å². The summed E-state index contributed by atoms with van der Waals surface area (Å²) < 4.78 is 0. The van der Waals surface area contributed by atoms with Crippen LogP contribution in [-0.4, -0.2) is 50.1 Å². The fraction of sp³-hybridized carbons (Fsp3) is 0.682. The molecular weight excluding hydrogens is 322 g/mol. The largest absolute Gasteiger partial charge is 0.372 e. The molecule has 3 fully saturated rings. The lowest BCUT2D eigenvalue weighted by Crippen LogP contribution is -2.50. The highest BCUT2D eigenvalue weighted by molar-refractivity contribution is 5.79. The second-order valence-electron chi connectivity index (χ2n) is 8.21. The Morgan fingerprint density at radius 1 is 0.654 bits per heavy atom. The molecule has 0 aromatic heterocycles. The standard InChI is InChI=1S/C22H33N3O/c26-22(19-7-3-1-4-8-19)25-17-15-24(16-18-25)21-11-9-20(10-12-21)23-13-5-2-6-14-23/h9-12,19H,1-8,13-18H2. The molecule has 0 atom stereocenters. The molecule has 0 spiro atoms. The molecule has 3 aliphatic rings. The molecule has 2 aliphatic heterocycles. The van der Waals surface area contributed by atoms with Crippen LogP contribution in [0.25, 0.3) is 0 Å². The topological polar surface area (TPSA) is 26.8 Å². The molecule has 1 aliphatic carbocycles. The van der Waals surface area contributed by atoms with Crippen LogP contribution in [0.15, 0.2) is 24.3 Å². The van der Waals surface area contributed by atoms with E-state index in [-0.39, 0.29) is 0 Å². The van der Waals surface area contributed by atoms with Gasteiger partial charge in [0.25, 0.3) is 0 Å². The summed E-state index contributed by atoms with van der Waals surface area (Å²) in [7, 11) is 0. The minimum atomic E-state index is 0.305. The fourth-order valence-electron chi connectivity index (χ4n) is 4.82. The number of benzene rings is 1. The van der Waals surface area contributed by atoms with Gasteiger partial charge >= 0.3 is 0 Å². The predicted molar refractivity (Wildman–Crippen MR) is 108 cm³/mol. The molecule has 2 saturated heterocycles. The zero-order chi connectivity index (χ0) is 17.8. The third kappa shape index (κ3) is 3.99. The number of piperazine rings is 1. The van der Waals surface area contributed by atoms with Crippen molar-refractivity contribution in [2.24, 2.45) is 5.92 Å². The average molecular weight is 356 g/mol. The first-order valence-electron chi connectivity index (χ1n) is 10.7. The van der Waals surface area contributed by atoms with Crippen LogP contribution >= 0.6 is 0 Å². The van der Waals surface area contributed by atoms with Crippen molar-refractivity contribution in [1.29, 1.82) is 0 Å². The van der Waals surface area contributed by atoms with Crippen molar-refractivity contribution in [2.45, 2.75) is 51.4 Å². The second kappa shape index (κ2) is 8.32. The van der Waals surface area contributed by atoms with Crippen LogP contribution in [0.1, 0.15) is 51.4 Å². The van der Waals surface area contributed by atoms with Gasteiger partial charge in [0.1, 0.15) is 0 Å². The molecule has 142 valence electrons. The smallest absolute Gasteiger partial charge is 0.225 e. The van der Waals surface area contributed by atoms with E-state index in [0.717, 1.165) is 39.0 Å². The SMILES string of the molecule is O=C(C1CCCCC1)N1CCN(c2ccc(N3CCCCC3)cc2)CC1. The number of hydrogen-bond donors (Lipinski definition) is 0. The Morgan fingerprint density at radius 3 is 1.73 bits per heavy atom. The van der Waals surface area contributed by atoms with Gasteiger partial charge in [-0.25, -0.2) is 0 Å². The normalized spacial score (nSPS) is 22.5. The van der Waals surface area contributed by atoms with Gasteiger partial charge in [0.2, 0.25) is 5.91 Å². The van der Waals surface area contributed by atoms with Crippen molar-refractivity contribution in [2.75, 3.05) is 49.1 Å². The van der Waals surface area contributed by atoms with Gasteiger partial charge in [0, 0.05) is 56.6 Å². The molecule has 1 aromatic carbocycles. The first kappa shape index (κ1) is 17.7. The molecule has 2 heterocycles. The summed E-state index contributed by atoms with van der Waals surface area (Å²) in [6, 6.07) is 9.09. The van der Waals surface area contributed by atoms with Gasteiger partial charge in [-0.1, -0.05) is 19.3 Å². The molecule has 0 bridgehead atoms. The molecule has 0 unspecified atom stereocenters. The Bertz CT molecular complexity index is 580. The van der Waals surface area contributed by atoms with E-state index in [1.807, 2.05) is 0 Å². The number of carbonyl (C=O) groups excluding carboxylic acids is 1. The maximum absolute atomic E-state index is 12.7. The van der Waals surface area contributed by atoms with Crippen LogP contribution in [0.5, 0.6) is 0 Å². The Balaban J connectivity index is 1.30. The predicted octanol–water partition coefficient (Wildman–Crippen LogP) is 3.91. The summed E-state index contributed by atoms with van der Waals surface area (Å²) in [4.78, 5) is 19.8. The minimum absolute atomic E-state index is 0.305. The Morgan fingerprint density at radius 2 is 1.15 bits per heavy atom. The molecule has 4 nitrogen and oxygen atoms in total. The van der Waals surface area contributed by atoms with E-state index >= 15 is 0 Å². The van der Waals surface area contributed by atoms with Crippen LogP contribution < -0.4 is 9.80 Å². The van der Waals surface area contributed by atoms with Crippen LogP contribution in [0, 0.1) is 5.92 Å². The summed E-state index contributed by atoms with van der Waals surface area (Å²) in [6.45, 7) is 6.07. The van der Waals surface area contributed by atoms with Crippen molar-refractivity contribution in [3.63, 3.8) is 0 Å². The summed E-state index contributed by atoms with van der Waals surface area (Å²) in [5.74, 6) is 0.726. The maximum atomic E-state index is 12.7. The average Bonchev–Trinajstić information content (AvgIpc) is 2.75. The maximum Gasteiger partial charge on any atom is 0.225 e. The third-order valence-corrected chi connectivity index (χ3v) is 6.48. The number of nitrogens with zero attached hydrogens (tertiary/aromatic N) is 3.